The Morgan fingerprint density at radius 1 is 1.42 bits per heavy atom. The van der Waals surface area contributed by atoms with Crippen molar-refractivity contribution >= 4 is 5.82 Å². The zero-order valence-electron chi connectivity index (χ0n) is 11.4. The van der Waals surface area contributed by atoms with Gasteiger partial charge in [-0.2, -0.15) is 0 Å². The van der Waals surface area contributed by atoms with Gasteiger partial charge in [0.15, 0.2) is 5.82 Å². The van der Waals surface area contributed by atoms with Gasteiger partial charge in [0.2, 0.25) is 0 Å². The number of H-pyrrole nitrogens is 1. The monoisotopic (exact) mass is 263 g/mol. The summed E-state index contributed by atoms with van der Waals surface area (Å²) in [6.45, 7) is 5.61. The van der Waals surface area contributed by atoms with E-state index in [4.69, 9.17) is 4.74 Å². The lowest BCUT2D eigenvalue weighted by Crippen LogP contribution is -2.43. The van der Waals surface area contributed by atoms with Crippen LogP contribution in [0.2, 0.25) is 0 Å². The second kappa shape index (κ2) is 4.96. The van der Waals surface area contributed by atoms with Crippen LogP contribution in [0.15, 0.2) is 11.0 Å². The number of aromatic nitrogens is 2. The van der Waals surface area contributed by atoms with Gasteiger partial charge in [0.1, 0.15) is 0 Å². The summed E-state index contributed by atoms with van der Waals surface area (Å²) in [5.74, 6) is 0.575. The fourth-order valence-corrected chi connectivity index (χ4v) is 3.07. The van der Waals surface area contributed by atoms with Gasteiger partial charge in [-0.15, -0.1) is 0 Å². The molecule has 3 heterocycles. The average Bonchev–Trinajstić information content (AvgIpc) is 2.88. The van der Waals surface area contributed by atoms with Crippen molar-refractivity contribution in [3.63, 3.8) is 0 Å². The Morgan fingerprint density at radius 3 is 2.79 bits per heavy atom. The summed E-state index contributed by atoms with van der Waals surface area (Å²) in [5, 5.41) is 0. The molecule has 2 aliphatic heterocycles. The van der Waals surface area contributed by atoms with Gasteiger partial charge in [-0.25, -0.2) is 4.98 Å². The molecule has 0 unspecified atom stereocenters. The molecule has 1 aromatic heterocycles. The van der Waals surface area contributed by atoms with Gasteiger partial charge in [0.25, 0.3) is 5.56 Å². The van der Waals surface area contributed by atoms with Crippen LogP contribution in [-0.4, -0.2) is 36.3 Å². The van der Waals surface area contributed by atoms with E-state index in [1.807, 2.05) is 6.92 Å². The zero-order valence-corrected chi connectivity index (χ0v) is 11.4. The highest BCUT2D eigenvalue weighted by molar-refractivity contribution is 5.36. The maximum absolute atomic E-state index is 12.0. The summed E-state index contributed by atoms with van der Waals surface area (Å²) in [5.41, 5.74) is 1.21. The molecular weight excluding hydrogens is 242 g/mol. The Bertz CT molecular complexity index is 496. The minimum Gasteiger partial charge on any atom is -0.381 e. The van der Waals surface area contributed by atoms with Crippen LogP contribution in [0.25, 0.3) is 0 Å². The van der Waals surface area contributed by atoms with Crippen molar-refractivity contribution in [2.75, 3.05) is 31.2 Å². The van der Waals surface area contributed by atoms with Crippen LogP contribution in [0.5, 0.6) is 0 Å². The summed E-state index contributed by atoms with van der Waals surface area (Å²) in [6, 6.07) is 0. The number of anilines is 1. The number of aryl methyl sites for hydroxylation is 1. The summed E-state index contributed by atoms with van der Waals surface area (Å²) in [4.78, 5) is 21.4. The third-order valence-electron chi connectivity index (χ3n) is 4.51. The topological polar surface area (TPSA) is 58.2 Å². The van der Waals surface area contributed by atoms with Gasteiger partial charge < -0.3 is 14.6 Å². The van der Waals surface area contributed by atoms with Gasteiger partial charge in [-0.05, 0) is 31.1 Å². The first kappa shape index (κ1) is 12.7. The number of piperidine rings is 1. The van der Waals surface area contributed by atoms with Crippen molar-refractivity contribution in [2.24, 2.45) is 5.41 Å². The Balaban J connectivity index is 1.73. The van der Waals surface area contributed by atoms with Gasteiger partial charge in [-0.3, -0.25) is 4.79 Å². The van der Waals surface area contributed by atoms with E-state index >= 15 is 0 Å². The molecule has 5 nitrogen and oxygen atoms in total. The molecular formula is C14H21N3O2. The lowest BCUT2D eigenvalue weighted by Gasteiger charge is -2.38. The van der Waals surface area contributed by atoms with Crippen LogP contribution >= 0.6 is 0 Å². The molecule has 1 aromatic rings. The van der Waals surface area contributed by atoms with E-state index < -0.39 is 0 Å². The van der Waals surface area contributed by atoms with Crippen LogP contribution in [0.4, 0.5) is 5.82 Å². The molecule has 2 saturated heterocycles. The molecule has 0 atom stereocenters. The highest BCUT2D eigenvalue weighted by Gasteiger charge is 2.38. The Hall–Kier alpha value is -1.36. The summed E-state index contributed by atoms with van der Waals surface area (Å²) < 4.78 is 5.53. The first-order chi connectivity index (χ1) is 9.22. The number of hydrogen-bond donors (Lipinski definition) is 1. The first-order valence-electron chi connectivity index (χ1n) is 7.13. The van der Waals surface area contributed by atoms with E-state index in [1.54, 1.807) is 6.20 Å². The van der Waals surface area contributed by atoms with Crippen molar-refractivity contribution in [1.82, 2.24) is 9.97 Å². The predicted molar refractivity (Wildman–Crippen MR) is 73.6 cm³/mol. The van der Waals surface area contributed by atoms with E-state index in [9.17, 15) is 4.79 Å². The van der Waals surface area contributed by atoms with Crippen molar-refractivity contribution in [1.29, 1.82) is 0 Å². The number of hydrogen-bond acceptors (Lipinski definition) is 4. The van der Waals surface area contributed by atoms with Crippen LogP contribution in [0, 0.1) is 5.41 Å². The molecule has 1 spiro atoms. The molecule has 3 rings (SSSR count). The molecule has 2 fully saturated rings. The van der Waals surface area contributed by atoms with Crippen LogP contribution in [-0.2, 0) is 11.2 Å². The first-order valence-corrected chi connectivity index (χ1v) is 7.13. The van der Waals surface area contributed by atoms with Gasteiger partial charge in [0, 0.05) is 31.6 Å². The molecule has 5 heteroatoms. The van der Waals surface area contributed by atoms with Crippen LogP contribution < -0.4 is 10.5 Å². The minimum atomic E-state index is -0.0574. The van der Waals surface area contributed by atoms with E-state index in [0.29, 0.717) is 11.2 Å². The van der Waals surface area contributed by atoms with Gasteiger partial charge >= 0.3 is 0 Å². The Morgan fingerprint density at radius 2 is 2.21 bits per heavy atom. The van der Waals surface area contributed by atoms with Gasteiger partial charge in [0.05, 0.1) is 6.61 Å². The quantitative estimate of drug-likeness (QED) is 0.874. The zero-order chi connectivity index (χ0) is 13.3. The van der Waals surface area contributed by atoms with E-state index in [2.05, 4.69) is 14.9 Å². The second-order valence-electron chi connectivity index (χ2n) is 5.70. The molecule has 2 aliphatic rings. The van der Waals surface area contributed by atoms with Crippen LogP contribution in [0.3, 0.4) is 0 Å². The number of nitrogens with one attached hydrogen (secondary N) is 1. The maximum atomic E-state index is 12.0. The van der Waals surface area contributed by atoms with Crippen molar-refractivity contribution < 1.29 is 4.74 Å². The summed E-state index contributed by atoms with van der Waals surface area (Å²) in [7, 11) is 0. The standard InChI is InChI=1S/C14H21N3O2/c1-2-11-9-15-12(13(18)16-11)17-6-3-14(4-7-17)5-8-19-10-14/h9H,2-8,10H2,1H3,(H,16,18). The summed E-state index contributed by atoms with van der Waals surface area (Å²) in [6.07, 6.45) is 5.95. The SMILES string of the molecule is CCc1cnc(N2CCC3(CCOC3)CC2)c(=O)[nH]1. The fraction of sp³-hybridized carbons (Fsp3) is 0.714. The molecule has 0 saturated carbocycles. The average molecular weight is 263 g/mol. The molecule has 19 heavy (non-hydrogen) atoms. The largest absolute Gasteiger partial charge is 0.381 e. The van der Waals surface area contributed by atoms with Gasteiger partial charge in [-0.1, -0.05) is 6.92 Å². The summed E-state index contributed by atoms with van der Waals surface area (Å²) >= 11 is 0. The maximum Gasteiger partial charge on any atom is 0.291 e. The number of ether oxygens (including phenoxy) is 1. The Kier molecular flexibility index (Phi) is 3.31. The fourth-order valence-electron chi connectivity index (χ4n) is 3.07. The van der Waals surface area contributed by atoms with E-state index in [0.717, 1.165) is 51.3 Å². The minimum absolute atomic E-state index is 0.0574. The molecule has 0 radical (unpaired) electrons. The normalized spacial score (nSPS) is 22.1. The van der Waals surface area contributed by atoms with E-state index in [-0.39, 0.29) is 5.56 Å². The lowest BCUT2D eigenvalue weighted by atomic mass is 9.78. The van der Waals surface area contributed by atoms with Crippen LogP contribution in [0.1, 0.15) is 31.9 Å². The smallest absolute Gasteiger partial charge is 0.291 e. The highest BCUT2D eigenvalue weighted by atomic mass is 16.5. The molecule has 0 aliphatic carbocycles. The highest BCUT2D eigenvalue weighted by Crippen LogP contribution is 2.39. The number of aromatic amines is 1. The third-order valence-corrected chi connectivity index (χ3v) is 4.51. The Labute approximate surface area is 113 Å². The number of nitrogens with zero attached hydrogens (tertiary/aromatic N) is 2. The van der Waals surface area contributed by atoms with Crippen molar-refractivity contribution in [3.8, 4) is 0 Å². The van der Waals surface area contributed by atoms with Crippen molar-refractivity contribution in [3.05, 3.63) is 22.2 Å². The molecule has 104 valence electrons. The predicted octanol–water partition coefficient (Wildman–Crippen LogP) is 1.34. The van der Waals surface area contributed by atoms with Crippen molar-refractivity contribution in [2.45, 2.75) is 32.6 Å². The van der Waals surface area contributed by atoms with E-state index in [1.165, 1.54) is 6.42 Å². The second-order valence-corrected chi connectivity index (χ2v) is 5.70. The lowest BCUT2D eigenvalue weighted by molar-refractivity contribution is 0.133. The number of rotatable bonds is 2. The molecule has 1 N–H and O–H groups in total. The molecule has 0 aromatic carbocycles. The molecule has 0 bridgehead atoms. The third kappa shape index (κ3) is 2.39. The molecule has 0 amide bonds.